The standard InChI is InChI=1S/C23H22ClN3O3S/c1-13(28)19-4-5-20(31-19)15-8-16-9-17(30-23(16)18(24)10-15)12-27-22(29)7-3-14-2-6-21(25)26-11-14/h2-8,10-11,13,17,28H,9,12H2,1H3,(H2,25,26)(H,27,29)/b7-3+. The Hall–Kier alpha value is -2.87. The molecule has 0 saturated carbocycles. The molecule has 0 spiro atoms. The number of nitrogens with zero attached hydrogens (tertiary/aromatic N) is 1. The van der Waals surface area contributed by atoms with Crippen LogP contribution in [0.25, 0.3) is 16.5 Å². The van der Waals surface area contributed by atoms with Crippen molar-refractivity contribution in [2.75, 3.05) is 12.3 Å². The third-order valence-corrected chi connectivity index (χ3v) is 6.50. The Balaban J connectivity index is 1.37. The lowest BCUT2D eigenvalue weighted by Gasteiger charge is -2.11. The van der Waals surface area contributed by atoms with Crippen molar-refractivity contribution in [2.24, 2.45) is 0 Å². The molecule has 0 saturated heterocycles. The maximum Gasteiger partial charge on any atom is 0.244 e. The number of nitrogens with one attached hydrogen (secondary N) is 1. The second-order valence-corrected chi connectivity index (χ2v) is 8.89. The zero-order chi connectivity index (χ0) is 22.0. The summed E-state index contributed by atoms with van der Waals surface area (Å²) >= 11 is 8.01. The number of pyridine rings is 1. The average molecular weight is 456 g/mol. The minimum Gasteiger partial charge on any atom is -0.486 e. The SMILES string of the molecule is CC(O)c1ccc(-c2cc(Cl)c3c(c2)CC(CNC(=O)/C=C/c2ccc(N)nc2)O3)s1. The zero-order valence-electron chi connectivity index (χ0n) is 16.8. The fourth-order valence-electron chi connectivity index (χ4n) is 3.34. The summed E-state index contributed by atoms with van der Waals surface area (Å²) in [6.07, 6.45) is 4.71. The summed E-state index contributed by atoms with van der Waals surface area (Å²) in [6, 6.07) is 11.3. The Morgan fingerprint density at radius 2 is 2.26 bits per heavy atom. The van der Waals surface area contributed by atoms with Crippen molar-refractivity contribution in [2.45, 2.75) is 25.6 Å². The fourth-order valence-corrected chi connectivity index (χ4v) is 4.55. The van der Waals surface area contributed by atoms with Crippen LogP contribution in [0.5, 0.6) is 5.75 Å². The smallest absolute Gasteiger partial charge is 0.244 e. The van der Waals surface area contributed by atoms with Gasteiger partial charge in [0.2, 0.25) is 5.91 Å². The van der Waals surface area contributed by atoms with Gasteiger partial charge in [0, 0.05) is 34.0 Å². The molecule has 4 N–H and O–H groups in total. The Labute approximate surface area is 189 Å². The molecule has 3 aromatic rings. The largest absolute Gasteiger partial charge is 0.486 e. The summed E-state index contributed by atoms with van der Waals surface area (Å²) < 4.78 is 5.97. The number of nitrogens with two attached hydrogens (primary N) is 1. The van der Waals surface area contributed by atoms with Crippen molar-refractivity contribution in [3.05, 3.63) is 69.7 Å². The lowest BCUT2D eigenvalue weighted by atomic mass is 10.1. The summed E-state index contributed by atoms with van der Waals surface area (Å²) in [4.78, 5) is 18.1. The zero-order valence-corrected chi connectivity index (χ0v) is 18.4. The van der Waals surface area contributed by atoms with E-state index in [1.165, 1.54) is 6.08 Å². The molecule has 4 rings (SSSR count). The normalized spacial score (nSPS) is 16.2. The van der Waals surface area contributed by atoms with Crippen LogP contribution in [-0.2, 0) is 11.2 Å². The predicted molar refractivity (Wildman–Crippen MR) is 124 cm³/mol. The highest BCUT2D eigenvalue weighted by Crippen LogP contribution is 2.41. The lowest BCUT2D eigenvalue weighted by Crippen LogP contribution is -2.33. The number of anilines is 1. The highest BCUT2D eigenvalue weighted by Gasteiger charge is 2.26. The molecule has 1 aromatic carbocycles. The van der Waals surface area contributed by atoms with Crippen molar-refractivity contribution < 1.29 is 14.6 Å². The van der Waals surface area contributed by atoms with Crippen LogP contribution < -0.4 is 15.8 Å². The van der Waals surface area contributed by atoms with Gasteiger partial charge in [-0.3, -0.25) is 4.79 Å². The Morgan fingerprint density at radius 1 is 1.42 bits per heavy atom. The number of carbonyl (C=O) groups is 1. The number of aliphatic hydroxyl groups is 1. The van der Waals surface area contributed by atoms with Gasteiger partial charge in [-0.1, -0.05) is 11.6 Å². The van der Waals surface area contributed by atoms with Gasteiger partial charge in [0.15, 0.2) is 0 Å². The van der Waals surface area contributed by atoms with Crippen LogP contribution in [0.1, 0.15) is 29.0 Å². The Bertz CT molecular complexity index is 1130. The van der Waals surface area contributed by atoms with Crippen molar-refractivity contribution in [1.29, 1.82) is 0 Å². The van der Waals surface area contributed by atoms with Gasteiger partial charge in [-0.15, -0.1) is 11.3 Å². The van der Waals surface area contributed by atoms with Gasteiger partial charge in [-0.05, 0) is 60.5 Å². The maximum atomic E-state index is 12.1. The van der Waals surface area contributed by atoms with E-state index in [0.29, 0.717) is 29.6 Å². The quantitative estimate of drug-likeness (QED) is 0.483. The minimum absolute atomic E-state index is 0.186. The first-order valence-electron chi connectivity index (χ1n) is 9.83. The number of amides is 1. The molecule has 8 heteroatoms. The molecule has 3 heterocycles. The number of carbonyl (C=O) groups excluding carboxylic acids is 1. The van der Waals surface area contributed by atoms with E-state index >= 15 is 0 Å². The van der Waals surface area contributed by atoms with E-state index < -0.39 is 6.10 Å². The van der Waals surface area contributed by atoms with Gasteiger partial charge in [0.25, 0.3) is 0 Å². The molecule has 2 aromatic heterocycles. The Kier molecular flexibility index (Phi) is 6.27. The summed E-state index contributed by atoms with van der Waals surface area (Å²) in [7, 11) is 0. The van der Waals surface area contributed by atoms with E-state index in [2.05, 4.69) is 16.4 Å². The lowest BCUT2D eigenvalue weighted by molar-refractivity contribution is -0.116. The number of benzene rings is 1. The first-order valence-corrected chi connectivity index (χ1v) is 11.0. The molecule has 2 atom stereocenters. The van der Waals surface area contributed by atoms with E-state index in [9.17, 15) is 9.90 Å². The highest BCUT2D eigenvalue weighted by atomic mass is 35.5. The number of hydrogen-bond donors (Lipinski definition) is 3. The third-order valence-electron chi connectivity index (χ3n) is 4.92. The molecule has 0 fully saturated rings. The van der Waals surface area contributed by atoms with Crippen LogP contribution in [-0.4, -0.2) is 28.6 Å². The molecule has 6 nitrogen and oxygen atoms in total. The van der Waals surface area contributed by atoms with Gasteiger partial charge in [-0.25, -0.2) is 4.98 Å². The fraction of sp³-hybridized carbons (Fsp3) is 0.217. The number of aromatic nitrogens is 1. The summed E-state index contributed by atoms with van der Waals surface area (Å²) in [5.41, 5.74) is 8.35. The van der Waals surface area contributed by atoms with Crippen molar-refractivity contribution in [1.82, 2.24) is 10.3 Å². The van der Waals surface area contributed by atoms with E-state index in [1.54, 1.807) is 42.7 Å². The maximum absolute atomic E-state index is 12.1. The number of halogens is 1. The van der Waals surface area contributed by atoms with Gasteiger partial charge < -0.3 is 20.9 Å². The van der Waals surface area contributed by atoms with E-state index in [-0.39, 0.29) is 12.0 Å². The molecule has 1 aliphatic heterocycles. The molecule has 31 heavy (non-hydrogen) atoms. The minimum atomic E-state index is -0.495. The monoisotopic (exact) mass is 455 g/mol. The number of fused-ring (bicyclic) bond motifs is 1. The number of aliphatic hydroxyl groups excluding tert-OH is 1. The number of ether oxygens (including phenoxy) is 1. The second kappa shape index (κ2) is 9.09. The van der Waals surface area contributed by atoms with Crippen molar-refractivity contribution >= 4 is 40.7 Å². The summed E-state index contributed by atoms with van der Waals surface area (Å²) in [5.74, 6) is 0.886. The molecule has 0 bridgehead atoms. The van der Waals surface area contributed by atoms with Crippen LogP contribution in [0, 0.1) is 0 Å². The molecule has 1 amide bonds. The van der Waals surface area contributed by atoms with Gasteiger partial charge in [0.1, 0.15) is 17.7 Å². The molecule has 2 unspecified atom stereocenters. The van der Waals surface area contributed by atoms with E-state index in [1.807, 2.05) is 18.2 Å². The van der Waals surface area contributed by atoms with Crippen LogP contribution in [0.2, 0.25) is 5.02 Å². The molecule has 0 aliphatic carbocycles. The molecule has 160 valence electrons. The van der Waals surface area contributed by atoms with E-state index in [0.717, 1.165) is 26.4 Å². The predicted octanol–water partition coefficient (Wildman–Crippen LogP) is 4.23. The number of hydrogen-bond acceptors (Lipinski definition) is 6. The molecular formula is C23H22ClN3O3S. The number of rotatable bonds is 6. The van der Waals surface area contributed by atoms with Crippen LogP contribution in [0.3, 0.4) is 0 Å². The Morgan fingerprint density at radius 3 is 2.97 bits per heavy atom. The third kappa shape index (κ3) is 5.07. The molecule has 1 aliphatic rings. The average Bonchev–Trinajstić information content (AvgIpc) is 3.39. The first-order chi connectivity index (χ1) is 14.9. The van der Waals surface area contributed by atoms with E-state index in [4.69, 9.17) is 22.1 Å². The first kappa shape index (κ1) is 21.4. The van der Waals surface area contributed by atoms with Crippen LogP contribution in [0.4, 0.5) is 5.82 Å². The summed E-state index contributed by atoms with van der Waals surface area (Å²) in [6.45, 7) is 2.12. The molecular weight excluding hydrogens is 434 g/mol. The number of thiophene rings is 1. The van der Waals surface area contributed by atoms with Crippen molar-refractivity contribution in [3.63, 3.8) is 0 Å². The van der Waals surface area contributed by atoms with Crippen molar-refractivity contribution in [3.8, 4) is 16.2 Å². The molecule has 0 radical (unpaired) electrons. The summed E-state index contributed by atoms with van der Waals surface area (Å²) in [5, 5.41) is 13.2. The topological polar surface area (TPSA) is 97.5 Å². The van der Waals surface area contributed by atoms with Gasteiger partial charge in [0.05, 0.1) is 17.7 Å². The highest BCUT2D eigenvalue weighted by molar-refractivity contribution is 7.15. The number of nitrogen functional groups attached to an aromatic ring is 1. The second-order valence-electron chi connectivity index (χ2n) is 7.36. The van der Waals surface area contributed by atoms with Gasteiger partial charge >= 0.3 is 0 Å². The van der Waals surface area contributed by atoms with Crippen LogP contribution >= 0.6 is 22.9 Å². The van der Waals surface area contributed by atoms with Gasteiger partial charge in [-0.2, -0.15) is 0 Å². The van der Waals surface area contributed by atoms with Crippen LogP contribution in [0.15, 0.2) is 48.7 Å².